The molecule has 2 N–H and O–H groups in total. The highest BCUT2D eigenvalue weighted by molar-refractivity contribution is 6.36. The van der Waals surface area contributed by atoms with Crippen LogP contribution in [0.4, 0.5) is 11.4 Å². The van der Waals surface area contributed by atoms with Crippen LogP contribution >= 0.6 is 23.2 Å². The standard InChI is InChI=1S/C16H10ClN3O.C8H6ClNO.C8H6N2O/c17-10-4-5-12-13(16(21)19-14(12)7-10)8-11-9-18-15-3-1-2-6-20(11)15;9-6-2-1-5-3-8(11)10-7(5)4-6;11-6-7-5-9-8-3-1-2-4-10(7)8/h1-9H,(H,19,21);1-2,4H,3H2,(H,10,11);1-6H. The number of carbonyl (C=O) groups excluding carboxylic acids is 3. The topological polar surface area (TPSA) is 110 Å². The predicted octanol–water partition coefficient (Wildman–Crippen LogP) is 6.46. The number of nitrogens with one attached hydrogen (secondary N) is 2. The highest BCUT2D eigenvalue weighted by atomic mass is 35.5. The van der Waals surface area contributed by atoms with E-state index in [0.717, 1.165) is 45.8 Å². The number of halogens is 2. The van der Waals surface area contributed by atoms with Crippen molar-refractivity contribution in [2.24, 2.45) is 0 Å². The van der Waals surface area contributed by atoms with E-state index >= 15 is 0 Å². The van der Waals surface area contributed by atoms with E-state index in [1.165, 1.54) is 0 Å². The molecule has 0 fully saturated rings. The molecule has 0 saturated heterocycles. The molecular formula is C32H22Cl2N6O3. The molecule has 0 aliphatic carbocycles. The Kier molecular flexibility index (Phi) is 7.74. The zero-order valence-electron chi connectivity index (χ0n) is 22.4. The van der Waals surface area contributed by atoms with Crippen LogP contribution in [0.3, 0.4) is 0 Å². The fourth-order valence-corrected chi connectivity index (χ4v) is 5.09. The molecule has 0 spiro atoms. The summed E-state index contributed by atoms with van der Waals surface area (Å²) in [5.41, 5.74) is 7.19. The molecule has 0 atom stereocenters. The number of pyridine rings is 2. The summed E-state index contributed by atoms with van der Waals surface area (Å²) in [6, 6.07) is 22.2. The zero-order chi connectivity index (χ0) is 29.9. The second-order valence-electron chi connectivity index (χ2n) is 9.57. The Morgan fingerprint density at radius 1 is 0.744 bits per heavy atom. The van der Waals surface area contributed by atoms with Gasteiger partial charge in [0.25, 0.3) is 5.91 Å². The van der Waals surface area contributed by atoms with E-state index in [1.54, 1.807) is 41.1 Å². The molecule has 11 heteroatoms. The van der Waals surface area contributed by atoms with Crippen molar-refractivity contribution in [2.75, 3.05) is 10.6 Å². The Bertz CT molecular complexity index is 2060. The fraction of sp³-hybridized carbons (Fsp3) is 0.0312. The lowest BCUT2D eigenvalue weighted by Crippen LogP contribution is -2.03. The number of imidazole rings is 2. The van der Waals surface area contributed by atoms with Crippen LogP contribution in [0, 0.1) is 0 Å². The Balaban J connectivity index is 0.000000126. The maximum absolute atomic E-state index is 12.2. The lowest BCUT2D eigenvalue weighted by atomic mass is 10.1. The second-order valence-corrected chi connectivity index (χ2v) is 10.4. The molecular weight excluding hydrogens is 587 g/mol. The van der Waals surface area contributed by atoms with Gasteiger partial charge in [0.2, 0.25) is 5.91 Å². The molecule has 6 heterocycles. The van der Waals surface area contributed by atoms with E-state index in [-0.39, 0.29) is 11.8 Å². The number of aldehydes is 1. The van der Waals surface area contributed by atoms with Gasteiger partial charge in [0.1, 0.15) is 17.0 Å². The highest BCUT2D eigenvalue weighted by Gasteiger charge is 2.24. The van der Waals surface area contributed by atoms with Gasteiger partial charge in [-0.15, -0.1) is 0 Å². The van der Waals surface area contributed by atoms with Crippen molar-refractivity contribution in [3.63, 3.8) is 0 Å². The maximum atomic E-state index is 12.2. The number of anilines is 2. The number of aromatic nitrogens is 4. The number of amides is 2. The quantitative estimate of drug-likeness (QED) is 0.173. The molecule has 2 aliphatic rings. The lowest BCUT2D eigenvalue weighted by molar-refractivity contribution is -0.115. The Morgan fingerprint density at radius 2 is 1.37 bits per heavy atom. The third-order valence-electron chi connectivity index (χ3n) is 6.77. The van der Waals surface area contributed by atoms with Gasteiger partial charge in [0.15, 0.2) is 6.29 Å². The zero-order valence-corrected chi connectivity index (χ0v) is 23.9. The lowest BCUT2D eigenvalue weighted by Gasteiger charge is -1.99. The van der Waals surface area contributed by atoms with Crippen molar-refractivity contribution in [2.45, 2.75) is 6.42 Å². The number of benzene rings is 2. The third kappa shape index (κ3) is 5.90. The molecule has 2 aromatic carbocycles. The number of hydrogen-bond acceptors (Lipinski definition) is 5. The smallest absolute Gasteiger partial charge is 0.256 e. The average Bonchev–Trinajstić information content (AvgIpc) is 3.78. The van der Waals surface area contributed by atoms with E-state index in [9.17, 15) is 14.4 Å². The van der Waals surface area contributed by atoms with Gasteiger partial charge in [-0.05, 0) is 60.2 Å². The third-order valence-corrected chi connectivity index (χ3v) is 7.24. The normalized spacial score (nSPS) is 13.9. The summed E-state index contributed by atoms with van der Waals surface area (Å²) in [5.74, 6) is -0.0829. The fourth-order valence-electron chi connectivity index (χ4n) is 4.74. The summed E-state index contributed by atoms with van der Waals surface area (Å²) < 4.78 is 3.68. The van der Waals surface area contributed by atoms with Crippen molar-refractivity contribution >= 4 is 75.6 Å². The molecule has 0 unspecified atom stereocenters. The molecule has 2 aliphatic heterocycles. The molecule has 43 heavy (non-hydrogen) atoms. The van der Waals surface area contributed by atoms with Crippen molar-refractivity contribution in [1.29, 1.82) is 0 Å². The number of rotatable bonds is 2. The van der Waals surface area contributed by atoms with Crippen LogP contribution in [0.25, 0.3) is 22.9 Å². The largest absolute Gasteiger partial charge is 0.325 e. The molecule has 0 radical (unpaired) electrons. The van der Waals surface area contributed by atoms with E-state index in [4.69, 9.17) is 23.2 Å². The van der Waals surface area contributed by atoms with Crippen LogP contribution in [-0.4, -0.2) is 36.9 Å². The van der Waals surface area contributed by atoms with Crippen molar-refractivity contribution < 1.29 is 14.4 Å². The van der Waals surface area contributed by atoms with Gasteiger partial charge in [-0.3, -0.25) is 18.8 Å². The van der Waals surface area contributed by atoms with E-state index < -0.39 is 0 Å². The summed E-state index contributed by atoms with van der Waals surface area (Å²) in [7, 11) is 0. The molecule has 9 nitrogen and oxygen atoms in total. The van der Waals surface area contributed by atoms with Crippen molar-refractivity contribution in [3.8, 4) is 0 Å². The Labute approximate surface area is 255 Å². The molecule has 6 aromatic rings. The summed E-state index contributed by atoms with van der Waals surface area (Å²) >= 11 is 11.7. The number of carbonyl (C=O) groups is 3. The van der Waals surface area contributed by atoms with E-state index in [1.807, 2.05) is 71.4 Å². The first kappa shape index (κ1) is 27.9. The van der Waals surface area contributed by atoms with Gasteiger partial charge in [-0.1, -0.05) is 47.5 Å². The van der Waals surface area contributed by atoms with Gasteiger partial charge in [0.05, 0.1) is 35.8 Å². The van der Waals surface area contributed by atoms with E-state index in [0.29, 0.717) is 27.7 Å². The Morgan fingerprint density at radius 3 is 2.07 bits per heavy atom. The van der Waals surface area contributed by atoms with Gasteiger partial charge < -0.3 is 15.0 Å². The minimum Gasteiger partial charge on any atom is -0.325 e. The van der Waals surface area contributed by atoms with Crippen LogP contribution in [0.5, 0.6) is 0 Å². The SMILES string of the molecule is O=C1Cc2ccc(Cl)cc2N1.O=C1Nc2cc(Cl)ccc2C1=Cc1cnc2ccccn12.O=Cc1cnc2ccccn12. The predicted molar refractivity (Wildman–Crippen MR) is 168 cm³/mol. The number of fused-ring (bicyclic) bond motifs is 4. The van der Waals surface area contributed by atoms with E-state index in [2.05, 4.69) is 20.6 Å². The van der Waals surface area contributed by atoms with Gasteiger partial charge in [0, 0.05) is 33.7 Å². The Hall–Kier alpha value is -5.25. The van der Waals surface area contributed by atoms with Crippen LogP contribution in [0.15, 0.2) is 97.6 Å². The first-order valence-corrected chi connectivity index (χ1v) is 13.9. The molecule has 4 aromatic heterocycles. The average molecular weight is 609 g/mol. The van der Waals surface area contributed by atoms with Crippen LogP contribution in [0.1, 0.15) is 27.3 Å². The minimum atomic E-state index is -0.127. The molecule has 2 amide bonds. The monoisotopic (exact) mass is 608 g/mol. The van der Waals surface area contributed by atoms with Crippen LogP contribution < -0.4 is 10.6 Å². The molecule has 8 rings (SSSR count). The highest BCUT2D eigenvalue weighted by Crippen LogP contribution is 2.35. The first-order valence-electron chi connectivity index (χ1n) is 13.1. The van der Waals surface area contributed by atoms with Crippen molar-refractivity contribution in [1.82, 2.24) is 18.8 Å². The maximum Gasteiger partial charge on any atom is 0.256 e. The number of hydrogen-bond donors (Lipinski definition) is 2. The summed E-state index contributed by atoms with van der Waals surface area (Å²) in [6.07, 6.45) is 10.2. The summed E-state index contributed by atoms with van der Waals surface area (Å²) in [6.45, 7) is 0. The summed E-state index contributed by atoms with van der Waals surface area (Å²) in [4.78, 5) is 41.8. The van der Waals surface area contributed by atoms with Gasteiger partial charge in [-0.2, -0.15) is 0 Å². The molecule has 212 valence electrons. The van der Waals surface area contributed by atoms with Crippen LogP contribution in [-0.2, 0) is 16.0 Å². The van der Waals surface area contributed by atoms with Gasteiger partial charge in [-0.25, -0.2) is 9.97 Å². The van der Waals surface area contributed by atoms with Crippen molar-refractivity contribution in [3.05, 3.63) is 130 Å². The number of nitrogens with zero attached hydrogens (tertiary/aromatic N) is 4. The summed E-state index contributed by atoms with van der Waals surface area (Å²) in [5, 5.41) is 6.80. The second kappa shape index (κ2) is 11.9. The molecule has 0 bridgehead atoms. The van der Waals surface area contributed by atoms with Gasteiger partial charge >= 0.3 is 0 Å². The van der Waals surface area contributed by atoms with Crippen LogP contribution in [0.2, 0.25) is 10.0 Å². The molecule has 0 saturated carbocycles. The first-order chi connectivity index (χ1) is 20.9. The minimum absolute atomic E-state index is 0.0438.